The summed E-state index contributed by atoms with van der Waals surface area (Å²) in [6, 6.07) is 5.26. The standard InChI is InChI=1S/C20H23N7O2/c1-5-26-9-7-15(23-26)12(3)21-19(28)14-11-17(16-8-10-27(6-2)24-16)22-20-18(14)13(4)25-29-20/h7-12H,5-6H2,1-4H3,(H,21,28). The summed E-state index contributed by atoms with van der Waals surface area (Å²) in [6.07, 6.45) is 3.77. The first-order valence-corrected chi connectivity index (χ1v) is 9.65. The second kappa shape index (κ2) is 7.50. The van der Waals surface area contributed by atoms with Crippen molar-refractivity contribution in [2.24, 2.45) is 0 Å². The number of hydrogen-bond acceptors (Lipinski definition) is 6. The van der Waals surface area contributed by atoms with Crippen LogP contribution in [0.15, 0.2) is 35.1 Å². The van der Waals surface area contributed by atoms with E-state index in [0.29, 0.717) is 33.7 Å². The Morgan fingerprint density at radius 2 is 1.86 bits per heavy atom. The maximum absolute atomic E-state index is 13.1. The van der Waals surface area contributed by atoms with Gasteiger partial charge in [0.25, 0.3) is 11.6 Å². The Morgan fingerprint density at radius 3 is 2.55 bits per heavy atom. The highest BCUT2D eigenvalue weighted by atomic mass is 16.5. The first-order chi connectivity index (χ1) is 14.0. The third-order valence-electron chi connectivity index (χ3n) is 4.87. The van der Waals surface area contributed by atoms with Crippen LogP contribution in [0.1, 0.15) is 48.6 Å². The smallest absolute Gasteiger partial charge is 0.259 e. The Morgan fingerprint density at radius 1 is 1.14 bits per heavy atom. The molecule has 0 aliphatic carbocycles. The van der Waals surface area contributed by atoms with E-state index >= 15 is 0 Å². The van der Waals surface area contributed by atoms with Crippen LogP contribution in [-0.4, -0.2) is 35.6 Å². The fourth-order valence-corrected chi connectivity index (χ4v) is 3.21. The number of aryl methyl sites for hydroxylation is 3. The monoisotopic (exact) mass is 393 g/mol. The molecule has 4 rings (SSSR count). The molecule has 1 amide bonds. The predicted octanol–water partition coefficient (Wildman–Crippen LogP) is 3.12. The molecule has 0 saturated carbocycles. The molecule has 1 atom stereocenters. The molecule has 4 aromatic rings. The van der Waals surface area contributed by atoms with E-state index < -0.39 is 0 Å². The van der Waals surface area contributed by atoms with Crippen molar-refractivity contribution in [2.45, 2.75) is 46.8 Å². The molecule has 0 spiro atoms. The topological polar surface area (TPSA) is 104 Å². The molecule has 0 saturated heterocycles. The van der Waals surface area contributed by atoms with E-state index in [0.717, 1.165) is 18.8 Å². The summed E-state index contributed by atoms with van der Waals surface area (Å²) in [5.41, 5.74) is 3.43. The number of aromatic nitrogens is 6. The van der Waals surface area contributed by atoms with E-state index in [1.807, 2.05) is 50.0 Å². The van der Waals surface area contributed by atoms with Gasteiger partial charge < -0.3 is 9.84 Å². The summed E-state index contributed by atoms with van der Waals surface area (Å²) in [4.78, 5) is 17.7. The summed E-state index contributed by atoms with van der Waals surface area (Å²) in [7, 11) is 0. The van der Waals surface area contributed by atoms with Crippen LogP contribution in [0.5, 0.6) is 0 Å². The van der Waals surface area contributed by atoms with Crippen molar-refractivity contribution in [1.82, 2.24) is 35.0 Å². The van der Waals surface area contributed by atoms with Crippen molar-refractivity contribution in [3.8, 4) is 11.4 Å². The third-order valence-corrected chi connectivity index (χ3v) is 4.87. The van der Waals surface area contributed by atoms with Gasteiger partial charge in [0.2, 0.25) is 0 Å². The molecule has 0 radical (unpaired) electrons. The zero-order valence-corrected chi connectivity index (χ0v) is 16.9. The fourth-order valence-electron chi connectivity index (χ4n) is 3.21. The number of nitrogens with zero attached hydrogens (tertiary/aromatic N) is 6. The highest BCUT2D eigenvalue weighted by molar-refractivity contribution is 6.07. The van der Waals surface area contributed by atoms with Gasteiger partial charge in [0.1, 0.15) is 5.69 Å². The van der Waals surface area contributed by atoms with Crippen LogP contribution in [-0.2, 0) is 13.1 Å². The lowest BCUT2D eigenvalue weighted by Gasteiger charge is -2.12. The van der Waals surface area contributed by atoms with Gasteiger partial charge in [-0.25, -0.2) is 4.98 Å². The summed E-state index contributed by atoms with van der Waals surface area (Å²) in [5, 5.41) is 16.6. The first kappa shape index (κ1) is 18.9. The molecule has 4 heterocycles. The van der Waals surface area contributed by atoms with Gasteiger partial charge in [-0.15, -0.1) is 0 Å². The normalized spacial score (nSPS) is 12.4. The lowest BCUT2D eigenvalue weighted by molar-refractivity contribution is 0.0940. The van der Waals surface area contributed by atoms with Gasteiger partial charge in [0.05, 0.1) is 34.1 Å². The number of fused-ring (bicyclic) bond motifs is 1. The van der Waals surface area contributed by atoms with E-state index in [-0.39, 0.29) is 11.9 Å². The Balaban J connectivity index is 1.70. The summed E-state index contributed by atoms with van der Waals surface area (Å²) < 4.78 is 8.98. The van der Waals surface area contributed by atoms with Gasteiger partial charge in [-0.2, -0.15) is 10.2 Å². The van der Waals surface area contributed by atoms with Crippen LogP contribution < -0.4 is 5.32 Å². The number of carbonyl (C=O) groups is 1. The number of hydrogen-bond donors (Lipinski definition) is 1. The summed E-state index contributed by atoms with van der Waals surface area (Å²) >= 11 is 0. The van der Waals surface area contributed by atoms with Gasteiger partial charge >= 0.3 is 0 Å². The fraction of sp³-hybridized carbons (Fsp3) is 0.350. The SMILES string of the molecule is CCn1ccc(-c2cc(C(=O)NC(C)c3ccn(CC)n3)c3c(C)noc3n2)n1. The summed E-state index contributed by atoms with van der Waals surface area (Å²) in [6.45, 7) is 9.25. The first-order valence-electron chi connectivity index (χ1n) is 9.65. The zero-order chi connectivity index (χ0) is 20.5. The average molecular weight is 393 g/mol. The average Bonchev–Trinajstić information content (AvgIpc) is 3.47. The molecule has 0 aliphatic heterocycles. The third kappa shape index (κ3) is 3.51. The minimum atomic E-state index is -0.249. The zero-order valence-electron chi connectivity index (χ0n) is 16.9. The molecule has 1 N–H and O–H groups in total. The number of rotatable bonds is 6. The quantitative estimate of drug-likeness (QED) is 0.540. The highest BCUT2D eigenvalue weighted by Gasteiger charge is 2.22. The molecular weight excluding hydrogens is 370 g/mol. The molecule has 0 aliphatic rings. The van der Waals surface area contributed by atoms with Crippen LogP contribution in [0.3, 0.4) is 0 Å². The van der Waals surface area contributed by atoms with E-state index in [1.165, 1.54) is 0 Å². The van der Waals surface area contributed by atoms with Gasteiger partial charge in [-0.1, -0.05) is 5.16 Å². The van der Waals surface area contributed by atoms with Crippen molar-refractivity contribution < 1.29 is 9.32 Å². The van der Waals surface area contributed by atoms with Crippen molar-refractivity contribution in [2.75, 3.05) is 0 Å². The van der Waals surface area contributed by atoms with Gasteiger partial charge in [-0.3, -0.25) is 14.2 Å². The Kier molecular flexibility index (Phi) is 4.87. The highest BCUT2D eigenvalue weighted by Crippen LogP contribution is 2.27. The van der Waals surface area contributed by atoms with Crippen molar-refractivity contribution in [3.05, 3.63) is 47.5 Å². The predicted molar refractivity (Wildman–Crippen MR) is 107 cm³/mol. The summed E-state index contributed by atoms with van der Waals surface area (Å²) in [5.74, 6) is -0.238. The molecule has 0 bridgehead atoms. The number of nitrogens with one attached hydrogen (secondary N) is 1. The second-order valence-corrected chi connectivity index (χ2v) is 6.85. The Bertz CT molecular complexity index is 1170. The molecule has 0 fully saturated rings. The lowest BCUT2D eigenvalue weighted by Crippen LogP contribution is -2.27. The molecule has 1 unspecified atom stereocenters. The minimum Gasteiger partial charge on any atom is -0.344 e. The van der Waals surface area contributed by atoms with Crippen LogP contribution in [0, 0.1) is 6.92 Å². The molecule has 9 heteroatoms. The number of carbonyl (C=O) groups excluding carboxylic acids is 1. The molecule has 4 aromatic heterocycles. The number of amides is 1. The van der Waals surface area contributed by atoms with Crippen molar-refractivity contribution >= 4 is 17.0 Å². The van der Waals surface area contributed by atoms with Gasteiger partial charge in [0, 0.05) is 25.5 Å². The minimum absolute atomic E-state index is 0.238. The van der Waals surface area contributed by atoms with Crippen molar-refractivity contribution in [1.29, 1.82) is 0 Å². The van der Waals surface area contributed by atoms with Crippen LogP contribution in [0.4, 0.5) is 0 Å². The van der Waals surface area contributed by atoms with Crippen LogP contribution >= 0.6 is 0 Å². The van der Waals surface area contributed by atoms with Crippen LogP contribution in [0.2, 0.25) is 0 Å². The van der Waals surface area contributed by atoms with E-state index in [9.17, 15) is 4.79 Å². The van der Waals surface area contributed by atoms with E-state index in [4.69, 9.17) is 4.52 Å². The largest absolute Gasteiger partial charge is 0.344 e. The Hall–Kier alpha value is -3.49. The second-order valence-electron chi connectivity index (χ2n) is 6.85. The molecule has 9 nitrogen and oxygen atoms in total. The molecule has 150 valence electrons. The van der Waals surface area contributed by atoms with Crippen molar-refractivity contribution in [3.63, 3.8) is 0 Å². The molecule has 0 aromatic carbocycles. The Labute approximate surface area is 167 Å². The van der Waals surface area contributed by atoms with E-state index in [1.54, 1.807) is 17.7 Å². The maximum atomic E-state index is 13.1. The van der Waals surface area contributed by atoms with Gasteiger partial charge in [-0.05, 0) is 45.9 Å². The van der Waals surface area contributed by atoms with E-state index in [2.05, 4.69) is 25.7 Å². The van der Waals surface area contributed by atoms with Crippen LogP contribution in [0.25, 0.3) is 22.5 Å². The lowest BCUT2D eigenvalue weighted by atomic mass is 10.1. The number of pyridine rings is 1. The molecular formula is C20H23N7O2. The maximum Gasteiger partial charge on any atom is 0.259 e. The van der Waals surface area contributed by atoms with Gasteiger partial charge in [0.15, 0.2) is 0 Å². The molecule has 29 heavy (non-hydrogen) atoms.